The van der Waals surface area contributed by atoms with E-state index < -0.39 is 0 Å². The van der Waals surface area contributed by atoms with Gasteiger partial charge in [-0.25, -0.2) is 0 Å². The third-order valence-electron chi connectivity index (χ3n) is 7.17. The summed E-state index contributed by atoms with van der Waals surface area (Å²) in [6, 6.07) is 30.1. The van der Waals surface area contributed by atoms with Crippen molar-refractivity contribution in [3.8, 4) is 0 Å². The minimum atomic E-state index is 0.0157. The maximum Gasteiger partial charge on any atom is 0.242 e. The van der Waals surface area contributed by atoms with Crippen LogP contribution in [-0.4, -0.2) is 46.5 Å². The van der Waals surface area contributed by atoms with Gasteiger partial charge in [-0.1, -0.05) is 66.7 Å². The van der Waals surface area contributed by atoms with Crippen molar-refractivity contribution in [2.45, 2.75) is 13.1 Å². The Bertz CT molecular complexity index is 1550. The molecule has 0 aliphatic carbocycles. The fraction of sp³-hybridized carbons (Fsp3) is 0.200. The van der Waals surface area contributed by atoms with Gasteiger partial charge < -0.3 is 9.47 Å². The van der Waals surface area contributed by atoms with Crippen molar-refractivity contribution in [1.82, 2.24) is 14.4 Å². The number of piperazine rings is 1. The largest absolute Gasteiger partial charge is 0.339 e. The molecule has 1 amide bonds. The van der Waals surface area contributed by atoms with Crippen LogP contribution >= 0.6 is 0 Å². The lowest BCUT2D eigenvalue weighted by Crippen LogP contribution is -2.49. The summed E-state index contributed by atoms with van der Waals surface area (Å²) in [5.41, 5.74) is 2.95. The molecule has 35 heavy (non-hydrogen) atoms. The first kappa shape index (κ1) is 21.6. The maximum absolute atomic E-state index is 13.4. The zero-order chi connectivity index (χ0) is 23.8. The third-order valence-corrected chi connectivity index (χ3v) is 7.17. The highest BCUT2D eigenvalue weighted by atomic mass is 16.2. The van der Waals surface area contributed by atoms with Crippen LogP contribution in [0, 0.1) is 0 Å². The van der Waals surface area contributed by atoms with E-state index in [0.29, 0.717) is 23.9 Å². The van der Waals surface area contributed by atoms with E-state index in [0.717, 1.165) is 30.7 Å². The summed E-state index contributed by atoms with van der Waals surface area (Å²) in [5.74, 6) is 0.0915. The molecule has 0 atom stereocenters. The van der Waals surface area contributed by atoms with Crippen LogP contribution in [0.25, 0.3) is 32.6 Å². The second-order valence-corrected chi connectivity index (χ2v) is 9.24. The van der Waals surface area contributed by atoms with Crippen LogP contribution in [0.4, 0.5) is 0 Å². The van der Waals surface area contributed by atoms with Gasteiger partial charge in [0.2, 0.25) is 5.91 Å². The minimum Gasteiger partial charge on any atom is -0.339 e. The molecule has 174 valence electrons. The quantitative estimate of drug-likeness (QED) is 0.366. The minimum absolute atomic E-state index is 0.0157. The number of amides is 1. The van der Waals surface area contributed by atoms with E-state index in [-0.39, 0.29) is 17.9 Å². The first-order valence-electron chi connectivity index (χ1n) is 12.2. The lowest BCUT2D eigenvalue weighted by molar-refractivity contribution is -0.133. The van der Waals surface area contributed by atoms with Crippen molar-refractivity contribution in [2.75, 3.05) is 26.2 Å². The molecule has 1 fully saturated rings. The smallest absolute Gasteiger partial charge is 0.242 e. The molecular formula is C30H27N3O2. The number of rotatable bonds is 4. The zero-order valence-electron chi connectivity index (χ0n) is 19.6. The normalized spacial score (nSPS) is 14.7. The number of hydrogen-bond acceptors (Lipinski definition) is 3. The summed E-state index contributed by atoms with van der Waals surface area (Å²) >= 11 is 0. The molecule has 0 N–H and O–H groups in total. The van der Waals surface area contributed by atoms with Crippen LogP contribution in [0.5, 0.6) is 0 Å². The molecule has 2 heterocycles. The number of fused-ring (bicyclic) bond motifs is 3. The van der Waals surface area contributed by atoms with Gasteiger partial charge in [-0.15, -0.1) is 0 Å². The van der Waals surface area contributed by atoms with Crippen LogP contribution in [0.1, 0.15) is 5.56 Å². The predicted octanol–water partition coefficient (Wildman–Crippen LogP) is 4.65. The predicted molar refractivity (Wildman–Crippen MR) is 142 cm³/mol. The molecule has 0 spiro atoms. The molecule has 0 radical (unpaired) electrons. The Labute approximate surface area is 203 Å². The highest BCUT2D eigenvalue weighted by molar-refractivity contribution is 5.95. The summed E-state index contributed by atoms with van der Waals surface area (Å²) in [7, 11) is 0. The summed E-state index contributed by atoms with van der Waals surface area (Å²) < 4.78 is 2.00. The van der Waals surface area contributed by atoms with E-state index in [1.54, 1.807) is 0 Å². The van der Waals surface area contributed by atoms with Crippen molar-refractivity contribution in [2.24, 2.45) is 0 Å². The standard InChI is InChI=1S/C30H27N3O2/c34-29(21-33-27-14-5-3-12-25(27)30(35)26-13-4-6-15-28(26)33)32-18-16-31(17-19-32)20-23-10-7-9-22-8-1-2-11-24(22)23/h1-15H,16-21H2. The Balaban J connectivity index is 1.20. The molecule has 1 aliphatic rings. The Morgan fingerprint density at radius 1 is 0.657 bits per heavy atom. The lowest BCUT2D eigenvalue weighted by atomic mass is 10.0. The van der Waals surface area contributed by atoms with Crippen LogP contribution in [-0.2, 0) is 17.9 Å². The van der Waals surface area contributed by atoms with Crippen LogP contribution in [0.3, 0.4) is 0 Å². The number of nitrogens with zero attached hydrogens (tertiary/aromatic N) is 3. The molecule has 0 bridgehead atoms. The zero-order valence-corrected chi connectivity index (χ0v) is 19.6. The highest BCUT2D eigenvalue weighted by Gasteiger charge is 2.23. The molecule has 0 saturated carbocycles. The summed E-state index contributed by atoms with van der Waals surface area (Å²) in [4.78, 5) is 30.8. The van der Waals surface area contributed by atoms with Crippen molar-refractivity contribution in [3.63, 3.8) is 0 Å². The summed E-state index contributed by atoms with van der Waals surface area (Å²) in [5, 5.41) is 3.86. The first-order chi connectivity index (χ1) is 17.2. The number of pyridine rings is 1. The lowest BCUT2D eigenvalue weighted by Gasteiger charge is -2.35. The Morgan fingerprint density at radius 2 is 1.23 bits per heavy atom. The fourth-order valence-electron chi connectivity index (χ4n) is 5.31. The summed E-state index contributed by atoms with van der Waals surface area (Å²) in [6.45, 7) is 4.23. The molecule has 6 rings (SSSR count). The van der Waals surface area contributed by atoms with E-state index in [4.69, 9.17) is 0 Å². The maximum atomic E-state index is 13.4. The molecule has 1 saturated heterocycles. The van der Waals surface area contributed by atoms with Gasteiger partial charge in [0, 0.05) is 43.5 Å². The molecule has 0 unspecified atom stereocenters. The SMILES string of the molecule is O=C(Cn1c2ccccc2c(=O)c2ccccc21)N1CCN(Cc2cccc3ccccc23)CC1. The number of aromatic nitrogens is 1. The number of hydrogen-bond donors (Lipinski definition) is 0. The average molecular weight is 462 g/mol. The van der Waals surface area contributed by atoms with Crippen LogP contribution in [0.15, 0.2) is 95.8 Å². The number of carbonyl (C=O) groups excluding carboxylic acids is 1. The van der Waals surface area contributed by atoms with Gasteiger partial charge in [0.1, 0.15) is 6.54 Å². The first-order valence-corrected chi connectivity index (χ1v) is 12.2. The fourth-order valence-corrected chi connectivity index (χ4v) is 5.31. The van der Waals surface area contributed by atoms with Gasteiger partial charge in [-0.2, -0.15) is 0 Å². The van der Waals surface area contributed by atoms with Gasteiger partial charge in [0.25, 0.3) is 0 Å². The Kier molecular flexibility index (Phi) is 5.55. The second-order valence-electron chi connectivity index (χ2n) is 9.24. The van der Waals surface area contributed by atoms with E-state index >= 15 is 0 Å². The molecule has 5 nitrogen and oxygen atoms in total. The topological polar surface area (TPSA) is 45.6 Å². The Morgan fingerprint density at radius 3 is 1.91 bits per heavy atom. The number of para-hydroxylation sites is 2. The van der Waals surface area contributed by atoms with Crippen LogP contribution < -0.4 is 5.43 Å². The van der Waals surface area contributed by atoms with E-state index in [1.807, 2.05) is 58.0 Å². The highest BCUT2D eigenvalue weighted by Crippen LogP contribution is 2.22. The molecule has 4 aromatic carbocycles. The van der Waals surface area contributed by atoms with Gasteiger partial charge in [-0.3, -0.25) is 14.5 Å². The third kappa shape index (κ3) is 3.98. The van der Waals surface area contributed by atoms with E-state index in [9.17, 15) is 9.59 Å². The number of carbonyl (C=O) groups is 1. The van der Waals surface area contributed by atoms with Gasteiger partial charge in [-0.05, 0) is 40.6 Å². The van der Waals surface area contributed by atoms with Crippen LogP contribution in [0.2, 0.25) is 0 Å². The molecule has 1 aliphatic heterocycles. The molecule has 5 aromatic rings. The summed E-state index contributed by atoms with van der Waals surface area (Å²) in [6.07, 6.45) is 0. The van der Waals surface area contributed by atoms with Crippen molar-refractivity contribution in [3.05, 3.63) is 107 Å². The molecule has 5 heteroatoms. The average Bonchev–Trinajstić information content (AvgIpc) is 2.91. The van der Waals surface area contributed by atoms with E-state index in [2.05, 4.69) is 47.4 Å². The van der Waals surface area contributed by atoms with Crippen molar-refractivity contribution in [1.29, 1.82) is 0 Å². The Hall–Kier alpha value is -3.96. The monoisotopic (exact) mass is 461 g/mol. The van der Waals surface area contributed by atoms with Crippen molar-refractivity contribution >= 4 is 38.5 Å². The molecular weight excluding hydrogens is 434 g/mol. The molecule has 1 aromatic heterocycles. The van der Waals surface area contributed by atoms with Gasteiger partial charge >= 0.3 is 0 Å². The van der Waals surface area contributed by atoms with Crippen molar-refractivity contribution < 1.29 is 4.79 Å². The van der Waals surface area contributed by atoms with E-state index in [1.165, 1.54) is 16.3 Å². The van der Waals surface area contributed by atoms with Gasteiger partial charge in [0.15, 0.2) is 5.43 Å². The number of benzene rings is 4. The van der Waals surface area contributed by atoms with Gasteiger partial charge in [0.05, 0.1) is 11.0 Å². The second kappa shape index (κ2) is 9.01.